The second-order valence-corrected chi connectivity index (χ2v) is 9.16. The van der Waals surface area contributed by atoms with Crippen molar-refractivity contribution in [3.63, 3.8) is 0 Å². The normalized spacial score (nSPS) is 17.0. The van der Waals surface area contributed by atoms with Gasteiger partial charge in [-0.1, -0.05) is 35.5 Å². The molecule has 2 aromatic carbocycles. The molecule has 0 aliphatic carbocycles. The number of carboxylic acids is 1. The van der Waals surface area contributed by atoms with Crippen LogP contribution in [-0.2, 0) is 22.4 Å². The summed E-state index contributed by atoms with van der Waals surface area (Å²) in [7, 11) is 1.86. The number of anilines is 2. The highest BCUT2D eigenvalue weighted by molar-refractivity contribution is 6.00. The number of nitrogens with zero attached hydrogens (tertiary/aromatic N) is 2. The lowest BCUT2D eigenvalue weighted by Crippen LogP contribution is -2.35. The number of urea groups is 1. The molecule has 0 saturated carbocycles. The van der Waals surface area contributed by atoms with Crippen molar-refractivity contribution in [2.24, 2.45) is 0 Å². The summed E-state index contributed by atoms with van der Waals surface area (Å²) >= 11 is 0. The molecule has 10 nitrogen and oxygen atoms in total. The fraction of sp³-hybridized carbons (Fsp3) is 0.333. The molecule has 0 radical (unpaired) electrons. The number of carbonyl (C=O) groups excluding carboxylic acids is 2. The minimum Gasteiger partial charge on any atom is -0.481 e. The van der Waals surface area contributed by atoms with E-state index in [1.807, 2.05) is 50.4 Å². The van der Waals surface area contributed by atoms with Gasteiger partial charge in [-0.25, -0.2) is 4.79 Å². The average molecular weight is 506 g/mol. The van der Waals surface area contributed by atoms with E-state index in [2.05, 4.69) is 21.1 Å². The van der Waals surface area contributed by atoms with Crippen LogP contribution in [0, 0.1) is 6.92 Å². The molecule has 2 unspecified atom stereocenters. The van der Waals surface area contributed by atoms with Crippen molar-refractivity contribution in [3.8, 4) is 0 Å². The first-order chi connectivity index (χ1) is 17.8. The molecule has 0 spiro atoms. The largest absolute Gasteiger partial charge is 0.481 e. The number of hydrogen-bond acceptors (Lipinski definition) is 6. The monoisotopic (exact) mass is 505 g/mol. The van der Waals surface area contributed by atoms with Crippen LogP contribution >= 0.6 is 0 Å². The molecular formula is C27H31N5O5. The van der Waals surface area contributed by atoms with E-state index in [9.17, 15) is 14.4 Å². The first kappa shape index (κ1) is 25.9. The lowest BCUT2D eigenvalue weighted by molar-refractivity contribution is -0.137. The van der Waals surface area contributed by atoms with Crippen LogP contribution in [0.2, 0.25) is 0 Å². The summed E-state index contributed by atoms with van der Waals surface area (Å²) in [5, 5.41) is 21.9. The van der Waals surface area contributed by atoms with Gasteiger partial charge in [0.15, 0.2) is 0 Å². The highest BCUT2D eigenvalue weighted by atomic mass is 16.5. The van der Waals surface area contributed by atoms with Crippen LogP contribution in [0.1, 0.15) is 41.5 Å². The Kier molecular flexibility index (Phi) is 8.19. The predicted octanol–water partition coefficient (Wildman–Crippen LogP) is 3.75. The second-order valence-electron chi connectivity index (χ2n) is 9.16. The van der Waals surface area contributed by atoms with Crippen molar-refractivity contribution in [3.05, 3.63) is 77.2 Å². The zero-order valence-corrected chi connectivity index (χ0v) is 20.9. The Hall–Kier alpha value is -4.18. The molecule has 1 aromatic heterocycles. The number of amides is 3. The van der Waals surface area contributed by atoms with Crippen LogP contribution in [0.25, 0.3) is 0 Å². The SMILES string of the molecule is CNC1CC(c2cc(CCC(=O)O)on2)N(C(=O)Cc2ccc(NC(=O)Nc3ccccc3C)cc2)C1. The number of aryl methyl sites for hydroxylation is 2. The lowest BCUT2D eigenvalue weighted by atomic mass is 10.1. The molecule has 2 heterocycles. The number of benzene rings is 2. The predicted molar refractivity (Wildman–Crippen MR) is 138 cm³/mol. The van der Waals surface area contributed by atoms with Gasteiger partial charge in [0.05, 0.1) is 18.9 Å². The van der Waals surface area contributed by atoms with Gasteiger partial charge >= 0.3 is 12.0 Å². The molecule has 4 rings (SSSR count). The number of para-hydroxylation sites is 1. The van der Waals surface area contributed by atoms with Crippen molar-refractivity contribution < 1.29 is 24.0 Å². The fourth-order valence-electron chi connectivity index (χ4n) is 4.41. The zero-order valence-electron chi connectivity index (χ0n) is 20.9. The molecule has 1 fully saturated rings. The van der Waals surface area contributed by atoms with Crippen LogP contribution in [-0.4, -0.2) is 52.7 Å². The van der Waals surface area contributed by atoms with E-state index in [1.165, 1.54) is 0 Å². The molecule has 1 saturated heterocycles. The summed E-state index contributed by atoms with van der Waals surface area (Å²) in [6.45, 7) is 2.46. The summed E-state index contributed by atoms with van der Waals surface area (Å²) in [6.07, 6.45) is 1.10. The van der Waals surface area contributed by atoms with Gasteiger partial charge in [-0.15, -0.1) is 0 Å². The molecule has 3 amide bonds. The molecule has 194 valence electrons. The van der Waals surface area contributed by atoms with Crippen LogP contribution in [0.3, 0.4) is 0 Å². The third-order valence-electron chi connectivity index (χ3n) is 6.49. The summed E-state index contributed by atoms with van der Waals surface area (Å²) in [5.41, 5.74) is 3.78. The van der Waals surface area contributed by atoms with Crippen LogP contribution in [0.4, 0.5) is 16.2 Å². The van der Waals surface area contributed by atoms with Crippen LogP contribution in [0.15, 0.2) is 59.1 Å². The van der Waals surface area contributed by atoms with Gasteiger partial charge in [-0.2, -0.15) is 0 Å². The number of aliphatic carboxylic acids is 1. The molecule has 1 aliphatic rings. The highest BCUT2D eigenvalue weighted by Gasteiger charge is 2.37. The van der Waals surface area contributed by atoms with Crippen molar-refractivity contribution in [2.75, 3.05) is 24.2 Å². The number of carboxylic acid groups (broad SMARTS) is 1. The van der Waals surface area contributed by atoms with Gasteiger partial charge < -0.3 is 30.5 Å². The van der Waals surface area contributed by atoms with Crippen molar-refractivity contribution in [2.45, 2.75) is 44.7 Å². The lowest BCUT2D eigenvalue weighted by Gasteiger charge is -2.23. The number of nitrogens with one attached hydrogen (secondary N) is 3. The van der Waals surface area contributed by atoms with E-state index < -0.39 is 5.97 Å². The molecule has 3 aromatic rings. The van der Waals surface area contributed by atoms with Gasteiger partial charge in [0.25, 0.3) is 0 Å². The van der Waals surface area contributed by atoms with E-state index in [4.69, 9.17) is 9.63 Å². The molecule has 0 bridgehead atoms. The summed E-state index contributed by atoms with van der Waals surface area (Å²) in [4.78, 5) is 38.2. The molecule has 2 atom stereocenters. The van der Waals surface area contributed by atoms with E-state index in [0.29, 0.717) is 30.1 Å². The molecule has 1 aliphatic heterocycles. The second kappa shape index (κ2) is 11.7. The zero-order chi connectivity index (χ0) is 26.4. The van der Waals surface area contributed by atoms with E-state index in [1.54, 1.807) is 23.1 Å². The minimum atomic E-state index is -0.904. The number of likely N-dealkylation sites (tertiary alicyclic amines) is 1. The summed E-state index contributed by atoms with van der Waals surface area (Å²) in [6, 6.07) is 16.0. The van der Waals surface area contributed by atoms with Crippen LogP contribution < -0.4 is 16.0 Å². The molecular weight excluding hydrogens is 474 g/mol. The Bertz CT molecular complexity index is 1260. The summed E-state index contributed by atoms with van der Waals surface area (Å²) in [5.74, 6) is -0.456. The van der Waals surface area contributed by atoms with Gasteiger partial charge in [0.2, 0.25) is 5.91 Å². The quantitative estimate of drug-likeness (QED) is 0.348. The number of hydrogen-bond donors (Lipinski definition) is 4. The van der Waals surface area contributed by atoms with Gasteiger partial charge in [0.1, 0.15) is 11.5 Å². The number of rotatable bonds is 9. The average Bonchev–Trinajstić information content (AvgIpc) is 3.52. The Labute approximate surface area is 215 Å². The fourth-order valence-corrected chi connectivity index (χ4v) is 4.41. The van der Waals surface area contributed by atoms with Gasteiger partial charge in [-0.05, 0) is 49.7 Å². The topological polar surface area (TPSA) is 137 Å². The standard InChI is InChI=1S/C27H31N5O5/c1-17-5-3-4-6-22(17)30-27(36)29-19-9-7-18(8-10-19)13-25(33)32-16-20(28-2)14-24(32)23-15-21(37-31-23)11-12-26(34)35/h3-10,15,20,24,28H,11-14,16H2,1-2H3,(H,34,35)(H2,29,30,36). The first-order valence-electron chi connectivity index (χ1n) is 12.2. The summed E-state index contributed by atoms with van der Waals surface area (Å²) < 4.78 is 5.32. The van der Waals surface area contributed by atoms with Gasteiger partial charge in [-0.3, -0.25) is 9.59 Å². The molecule has 4 N–H and O–H groups in total. The highest BCUT2D eigenvalue weighted by Crippen LogP contribution is 2.32. The number of carbonyl (C=O) groups is 3. The third kappa shape index (κ3) is 6.73. The first-order valence-corrected chi connectivity index (χ1v) is 12.2. The number of aromatic nitrogens is 1. The van der Waals surface area contributed by atoms with Crippen molar-refractivity contribution in [1.29, 1.82) is 0 Å². The molecule has 10 heteroatoms. The third-order valence-corrected chi connectivity index (χ3v) is 6.49. The minimum absolute atomic E-state index is 0.0422. The maximum absolute atomic E-state index is 13.3. The van der Waals surface area contributed by atoms with E-state index in [-0.39, 0.29) is 43.3 Å². The van der Waals surface area contributed by atoms with Crippen molar-refractivity contribution >= 4 is 29.3 Å². The smallest absolute Gasteiger partial charge is 0.323 e. The Morgan fingerprint density at radius 2 is 1.86 bits per heavy atom. The number of likely N-dealkylation sites (N-methyl/N-ethyl adjacent to an activating group) is 1. The maximum Gasteiger partial charge on any atom is 0.323 e. The Balaban J connectivity index is 1.37. The van der Waals surface area contributed by atoms with E-state index in [0.717, 1.165) is 16.8 Å². The van der Waals surface area contributed by atoms with E-state index >= 15 is 0 Å². The maximum atomic E-state index is 13.3. The molecule has 37 heavy (non-hydrogen) atoms. The Morgan fingerprint density at radius 1 is 1.11 bits per heavy atom. The van der Waals surface area contributed by atoms with Crippen LogP contribution in [0.5, 0.6) is 0 Å². The Morgan fingerprint density at radius 3 is 2.57 bits per heavy atom. The van der Waals surface area contributed by atoms with Gasteiger partial charge in [0, 0.05) is 36.4 Å². The van der Waals surface area contributed by atoms with Crippen molar-refractivity contribution in [1.82, 2.24) is 15.4 Å².